The molecule has 134 valence electrons. The Hall–Kier alpha value is -0.0800. The number of piperazine rings is 3. The molecule has 4 fully saturated rings. The van der Waals surface area contributed by atoms with Gasteiger partial charge >= 0.3 is 0 Å². The van der Waals surface area contributed by atoms with Gasteiger partial charge in [-0.3, -0.25) is 14.8 Å². The van der Waals surface area contributed by atoms with Crippen LogP contribution in [-0.2, 0) is 0 Å². The van der Waals surface area contributed by atoms with Crippen LogP contribution in [0.25, 0.3) is 0 Å². The summed E-state index contributed by atoms with van der Waals surface area (Å²) >= 11 is 0. The smallest absolute Gasteiger partial charge is 0.193 e. The third kappa shape index (κ3) is 4.51. The molecule has 0 aliphatic carbocycles. The molecule has 0 radical (unpaired) electrons. The number of likely N-dealkylation sites (tertiary alicyclic amines) is 1. The summed E-state index contributed by atoms with van der Waals surface area (Å²) in [5, 5.41) is 3.51. The molecule has 0 amide bonds. The van der Waals surface area contributed by atoms with Crippen molar-refractivity contribution in [2.75, 3.05) is 58.9 Å². The Balaban J connectivity index is 0.00000192. The second kappa shape index (κ2) is 8.34. The van der Waals surface area contributed by atoms with E-state index in [-0.39, 0.29) is 24.0 Å². The number of aliphatic imine (C=N–C) groups is 1. The van der Waals surface area contributed by atoms with E-state index in [2.05, 4.69) is 40.8 Å². The Bertz CT molecular complexity index is 408. The fraction of sp³-hybridized carbons (Fsp3) is 0.941. The summed E-state index contributed by atoms with van der Waals surface area (Å²) in [6.07, 6.45) is 2.55. The number of halogens is 1. The zero-order valence-corrected chi connectivity index (χ0v) is 17.4. The van der Waals surface area contributed by atoms with Gasteiger partial charge in [-0.05, 0) is 25.2 Å². The van der Waals surface area contributed by atoms with E-state index in [1.54, 1.807) is 0 Å². The van der Waals surface area contributed by atoms with Crippen LogP contribution >= 0.6 is 24.0 Å². The Morgan fingerprint density at radius 2 is 1.91 bits per heavy atom. The van der Waals surface area contributed by atoms with Crippen LogP contribution in [0.4, 0.5) is 0 Å². The minimum atomic E-state index is 0. The van der Waals surface area contributed by atoms with Gasteiger partial charge in [0.2, 0.25) is 0 Å². The number of hydrogen-bond donors (Lipinski definition) is 1. The van der Waals surface area contributed by atoms with Gasteiger partial charge in [-0.2, -0.15) is 0 Å². The lowest BCUT2D eigenvalue weighted by atomic mass is 9.87. The highest BCUT2D eigenvalue weighted by atomic mass is 127. The van der Waals surface area contributed by atoms with Crippen molar-refractivity contribution in [3.63, 3.8) is 0 Å². The van der Waals surface area contributed by atoms with E-state index in [9.17, 15) is 0 Å². The molecule has 4 rings (SSSR count). The Kier molecular flexibility index (Phi) is 6.98. The molecule has 1 N–H and O–H groups in total. The lowest BCUT2D eigenvalue weighted by Crippen LogP contribution is -2.62. The standard InChI is InChI=1S/C17H33N5.HI/c1-4-17(3)6-7-22(14-17)16(18-5-2)19-12-15-13-20-8-10-21(15)11-9-20;/h15H,4-14H2,1-3H3,(H,18,19);1H. The van der Waals surface area contributed by atoms with Gasteiger partial charge < -0.3 is 10.2 Å². The first-order valence-electron chi connectivity index (χ1n) is 9.13. The predicted molar refractivity (Wildman–Crippen MR) is 108 cm³/mol. The quantitative estimate of drug-likeness (QED) is 0.414. The van der Waals surface area contributed by atoms with E-state index in [1.807, 2.05) is 0 Å². The summed E-state index contributed by atoms with van der Waals surface area (Å²) < 4.78 is 0. The van der Waals surface area contributed by atoms with Gasteiger partial charge in [0.1, 0.15) is 0 Å². The molecule has 4 aliphatic rings. The van der Waals surface area contributed by atoms with E-state index in [4.69, 9.17) is 4.99 Å². The maximum atomic E-state index is 5.00. The fourth-order valence-corrected chi connectivity index (χ4v) is 4.01. The van der Waals surface area contributed by atoms with Gasteiger partial charge in [-0.25, -0.2) is 0 Å². The SMILES string of the molecule is CCNC(=NCC1CN2CCN1CC2)N1CCC(C)(CC)C1.I. The van der Waals surface area contributed by atoms with Crippen molar-refractivity contribution in [3.05, 3.63) is 0 Å². The summed E-state index contributed by atoms with van der Waals surface area (Å²) in [6.45, 7) is 17.3. The zero-order chi connectivity index (χ0) is 15.6. The van der Waals surface area contributed by atoms with Crippen molar-refractivity contribution in [1.82, 2.24) is 20.0 Å². The first-order chi connectivity index (χ1) is 10.6. The van der Waals surface area contributed by atoms with E-state index in [0.29, 0.717) is 11.5 Å². The van der Waals surface area contributed by atoms with Crippen LogP contribution in [0.3, 0.4) is 0 Å². The highest BCUT2D eigenvalue weighted by molar-refractivity contribution is 14.0. The van der Waals surface area contributed by atoms with Crippen molar-refractivity contribution in [2.24, 2.45) is 10.4 Å². The number of guanidine groups is 1. The summed E-state index contributed by atoms with van der Waals surface area (Å²) in [5.41, 5.74) is 0.468. The Morgan fingerprint density at radius 1 is 1.17 bits per heavy atom. The van der Waals surface area contributed by atoms with Crippen LogP contribution in [0.5, 0.6) is 0 Å². The van der Waals surface area contributed by atoms with Gasteiger partial charge in [-0.15, -0.1) is 24.0 Å². The molecular formula is C17H34IN5. The molecule has 2 unspecified atom stereocenters. The second-order valence-corrected chi connectivity index (χ2v) is 7.52. The minimum absolute atomic E-state index is 0. The van der Waals surface area contributed by atoms with E-state index >= 15 is 0 Å². The third-order valence-corrected chi connectivity index (χ3v) is 5.89. The van der Waals surface area contributed by atoms with E-state index in [1.165, 1.54) is 45.6 Å². The van der Waals surface area contributed by atoms with E-state index < -0.39 is 0 Å². The van der Waals surface area contributed by atoms with Crippen molar-refractivity contribution < 1.29 is 0 Å². The molecular weight excluding hydrogens is 401 g/mol. The normalized spacial score (nSPS) is 36.9. The summed E-state index contributed by atoms with van der Waals surface area (Å²) in [7, 11) is 0. The average Bonchev–Trinajstić information content (AvgIpc) is 2.95. The second-order valence-electron chi connectivity index (χ2n) is 7.52. The highest BCUT2D eigenvalue weighted by Gasteiger charge is 2.34. The zero-order valence-electron chi connectivity index (χ0n) is 15.1. The summed E-state index contributed by atoms with van der Waals surface area (Å²) in [6, 6.07) is 0.622. The molecule has 4 saturated heterocycles. The molecule has 0 spiro atoms. The molecule has 0 aromatic rings. The van der Waals surface area contributed by atoms with Crippen molar-refractivity contribution in [1.29, 1.82) is 0 Å². The minimum Gasteiger partial charge on any atom is -0.357 e. The van der Waals surface area contributed by atoms with Crippen LogP contribution in [0.15, 0.2) is 4.99 Å². The van der Waals surface area contributed by atoms with Gasteiger partial charge in [0, 0.05) is 58.4 Å². The molecule has 4 aliphatic heterocycles. The molecule has 23 heavy (non-hydrogen) atoms. The van der Waals surface area contributed by atoms with Gasteiger partial charge in [0.25, 0.3) is 0 Å². The maximum Gasteiger partial charge on any atom is 0.193 e. The molecule has 4 heterocycles. The number of hydrogen-bond acceptors (Lipinski definition) is 3. The molecule has 5 nitrogen and oxygen atoms in total. The maximum absolute atomic E-state index is 5.00. The molecule has 0 aromatic heterocycles. The van der Waals surface area contributed by atoms with Crippen molar-refractivity contribution in [3.8, 4) is 0 Å². The van der Waals surface area contributed by atoms with E-state index in [0.717, 1.165) is 32.1 Å². The monoisotopic (exact) mass is 435 g/mol. The molecule has 6 heteroatoms. The van der Waals surface area contributed by atoms with Crippen LogP contribution < -0.4 is 5.32 Å². The Morgan fingerprint density at radius 3 is 2.43 bits per heavy atom. The first-order valence-corrected chi connectivity index (χ1v) is 9.13. The van der Waals surface area contributed by atoms with Crippen molar-refractivity contribution >= 4 is 29.9 Å². The fourth-order valence-electron chi connectivity index (χ4n) is 4.01. The van der Waals surface area contributed by atoms with Crippen molar-refractivity contribution in [2.45, 2.75) is 39.7 Å². The largest absolute Gasteiger partial charge is 0.357 e. The number of rotatable bonds is 4. The average molecular weight is 435 g/mol. The Labute approximate surface area is 158 Å². The molecule has 0 aromatic carbocycles. The third-order valence-electron chi connectivity index (χ3n) is 5.89. The van der Waals surface area contributed by atoms with Crippen LogP contribution in [0, 0.1) is 5.41 Å². The first kappa shape index (κ1) is 19.2. The summed E-state index contributed by atoms with van der Waals surface area (Å²) in [5.74, 6) is 1.14. The molecule has 0 saturated carbocycles. The van der Waals surface area contributed by atoms with Crippen LogP contribution in [0.2, 0.25) is 0 Å². The molecule has 2 bridgehead atoms. The number of fused-ring (bicyclic) bond motifs is 3. The molecule has 2 atom stereocenters. The highest BCUT2D eigenvalue weighted by Crippen LogP contribution is 2.32. The predicted octanol–water partition coefficient (Wildman–Crippen LogP) is 1.69. The number of nitrogens with zero attached hydrogens (tertiary/aromatic N) is 4. The summed E-state index contributed by atoms with van der Waals surface area (Å²) in [4.78, 5) is 12.7. The van der Waals surface area contributed by atoms with Crippen LogP contribution in [0.1, 0.15) is 33.6 Å². The number of nitrogens with one attached hydrogen (secondary N) is 1. The van der Waals surface area contributed by atoms with Gasteiger partial charge in [0.15, 0.2) is 5.96 Å². The van der Waals surface area contributed by atoms with Gasteiger partial charge in [-0.1, -0.05) is 13.8 Å². The topological polar surface area (TPSA) is 34.1 Å². The van der Waals surface area contributed by atoms with Crippen LogP contribution in [-0.4, -0.2) is 85.6 Å². The lowest BCUT2D eigenvalue weighted by Gasteiger charge is -2.47. The van der Waals surface area contributed by atoms with Gasteiger partial charge in [0.05, 0.1) is 6.54 Å². The lowest BCUT2D eigenvalue weighted by molar-refractivity contribution is 0.0173.